The van der Waals surface area contributed by atoms with Crippen LogP contribution in [-0.4, -0.2) is 57.8 Å². The average Bonchev–Trinajstić information content (AvgIpc) is 3.11. The maximum atomic E-state index is 14.4. The summed E-state index contributed by atoms with van der Waals surface area (Å²) in [4.78, 5) is 56.8. The zero-order chi connectivity index (χ0) is 35.9. The largest absolute Gasteiger partial charge is 0.508 e. The van der Waals surface area contributed by atoms with Gasteiger partial charge in [0.05, 0.1) is 6.04 Å². The molecule has 266 valence electrons. The van der Waals surface area contributed by atoms with Gasteiger partial charge in [-0.2, -0.15) is 0 Å². The van der Waals surface area contributed by atoms with Crippen molar-refractivity contribution in [3.05, 3.63) is 100 Å². The number of phenolic OH excluding ortho intramolecular Hbond substituents is 1. The Hall–Kier alpha value is -4.70. The van der Waals surface area contributed by atoms with E-state index in [1.54, 1.807) is 12.1 Å². The predicted molar refractivity (Wildman–Crippen MR) is 193 cm³/mol. The third-order valence-corrected chi connectivity index (χ3v) is 10.7. The van der Waals surface area contributed by atoms with E-state index in [4.69, 9.17) is 11.5 Å². The van der Waals surface area contributed by atoms with E-state index in [0.29, 0.717) is 0 Å². The lowest BCUT2D eigenvalue weighted by Gasteiger charge is -2.39. The molecule has 1 fully saturated rings. The number of carbonyl (C=O) groups is 4. The van der Waals surface area contributed by atoms with E-state index in [-0.39, 0.29) is 49.3 Å². The number of nitrogens with one attached hydrogen (secondary N) is 2. The van der Waals surface area contributed by atoms with E-state index in [2.05, 4.69) is 10.6 Å². The molecule has 2 aliphatic rings. The van der Waals surface area contributed by atoms with Crippen molar-refractivity contribution < 1.29 is 24.3 Å². The average molecular weight is 682 g/mol. The van der Waals surface area contributed by atoms with E-state index in [0.717, 1.165) is 65.5 Å². The molecule has 10 nitrogen and oxygen atoms in total. The zero-order valence-corrected chi connectivity index (χ0v) is 29.4. The third-order valence-electron chi connectivity index (χ3n) is 10.7. The van der Waals surface area contributed by atoms with Gasteiger partial charge in [0.25, 0.3) is 0 Å². The first-order chi connectivity index (χ1) is 23.9. The van der Waals surface area contributed by atoms with Crippen molar-refractivity contribution >= 4 is 23.6 Å². The van der Waals surface area contributed by atoms with Crippen molar-refractivity contribution in [3.8, 4) is 5.75 Å². The van der Waals surface area contributed by atoms with Gasteiger partial charge in [-0.05, 0) is 77.6 Å². The zero-order valence-electron chi connectivity index (χ0n) is 29.4. The fourth-order valence-electron chi connectivity index (χ4n) is 7.75. The molecule has 10 heteroatoms. The molecule has 1 aliphatic carbocycles. The monoisotopic (exact) mass is 681 g/mol. The minimum Gasteiger partial charge on any atom is -0.508 e. The number of amides is 4. The summed E-state index contributed by atoms with van der Waals surface area (Å²) in [7, 11) is 0. The molecule has 5 rings (SSSR count). The van der Waals surface area contributed by atoms with Gasteiger partial charge < -0.3 is 32.1 Å². The standard InChI is InChI=1S/C40H51N5O5/c1-24-18-31(46)19-25(2)32(24)22-33(41)40(50)45-23-30-17-11-10-16-29(30)21-35(45)38(48)44-36(26(3)28-14-8-5-9-15-28)39(49)43-34(37(42)47)20-27-12-6-4-7-13-27/h4,6-7,10-13,16-19,26,28,33-36,46H,5,8-9,14-15,20-23,41H2,1-3H3,(H2,42,47)(H,43,49)(H,44,48)/t26-,33-,34-,35-,36+/m0/s1. The molecule has 3 aromatic rings. The molecule has 0 unspecified atom stereocenters. The second-order valence-corrected chi connectivity index (χ2v) is 14.2. The van der Waals surface area contributed by atoms with Crippen LogP contribution in [0.1, 0.15) is 72.4 Å². The van der Waals surface area contributed by atoms with E-state index in [1.165, 1.54) is 4.90 Å². The Balaban J connectivity index is 1.41. The van der Waals surface area contributed by atoms with Gasteiger partial charge in [0, 0.05) is 19.4 Å². The first-order valence-electron chi connectivity index (χ1n) is 17.8. The van der Waals surface area contributed by atoms with Gasteiger partial charge in [0.1, 0.15) is 23.9 Å². The third kappa shape index (κ3) is 8.71. The maximum Gasteiger partial charge on any atom is 0.243 e. The number of hydrogen-bond donors (Lipinski definition) is 5. The number of nitrogens with two attached hydrogens (primary N) is 2. The van der Waals surface area contributed by atoms with Crippen LogP contribution in [0.15, 0.2) is 66.7 Å². The van der Waals surface area contributed by atoms with Crippen LogP contribution in [0.25, 0.3) is 0 Å². The van der Waals surface area contributed by atoms with Gasteiger partial charge in [-0.1, -0.05) is 93.6 Å². The summed E-state index contributed by atoms with van der Waals surface area (Å²) in [5.41, 5.74) is 17.6. The van der Waals surface area contributed by atoms with Crippen LogP contribution in [0.5, 0.6) is 5.75 Å². The van der Waals surface area contributed by atoms with Gasteiger partial charge in [-0.3, -0.25) is 19.2 Å². The summed E-state index contributed by atoms with van der Waals surface area (Å²) in [6.45, 7) is 5.92. The lowest BCUT2D eigenvalue weighted by atomic mass is 9.77. The lowest BCUT2D eigenvalue weighted by molar-refractivity contribution is -0.144. The molecule has 0 bridgehead atoms. The van der Waals surface area contributed by atoms with Crippen LogP contribution in [0.4, 0.5) is 0 Å². The van der Waals surface area contributed by atoms with Crippen molar-refractivity contribution in [1.82, 2.24) is 15.5 Å². The van der Waals surface area contributed by atoms with Crippen LogP contribution >= 0.6 is 0 Å². The minimum absolute atomic E-state index is 0.149. The van der Waals surface area contributed by atoms with Gasteiger partial charge in [-0.25, -0.2) is 0 Å². The molecule has 5 atom stereocenters. The normalized spacial score (nSPS) is 18.6. The van der Waals surface area contributed by atoms with Crippen molar-refractivity contribution in [2.24, 2.45) is 23.3 Å². The molecule has 50 heavy (non-hydrogen) atoms. The molecular formula is C40H51N5O5. The van der Waals surface area contributed by atoms with Crippen molar-refractivity contribution in [3.63, 3.8) is 0 Å². The van der Waals surface area contributed by atoms with E-state index < -0.39 is 41.9 Å². The second-order valence-electron chi connectivity index (χ2n) is 14.2. The number of primary amides is 1. The summed E-state index contributed by atoms with van der Waals surface area (Å²) in [5.74, 6) is -1.82. The number of hydrogen-bond acceptors (Lipinski definition) is 6. The molecule has 0 aromatic heterocycles. The summed E-state index contributed by atoms with van der Waals surface area (Å²) in [5, 5.41) is 15.9. The van der Waals surface area contributed by atoms with Crippen molar-refractivity contribution in [1.29, 1.82) is 0 Å². The smallest absolute Gasteiger partial charge is 0.243 e. The number of nitrogens with zero attached hydrogens (tertiary/aromatic N) is 1. The quantitative estimate of drug-likeness (QED) is 0.195. The molecule has 1 heterocycles. The van der Waals surface area contributed by atoms with Crippen LogP contribution in [0.3, 0.4) is 0 Å². The summed E-state index contributed by atoms with van der Waals surface area (Å²) in [6.07, 6.45) is 5.84. The number of fused-ring (bicyclic) bond motifs is 1. The number of aryl methyl sites for hydroxylation is 2. The molecule has 0 radical (unpaired) electrons. The number of aromatic hydroxyl groups is 1. The number of carbonyl (C=O) groups excluding carboxylic acids is 4. The Morgan fingerprint density at radius 3 is 2.14 bits per heavy atom. The van der Waals surface area contributed by atoms with Crippen molar-refractivity contribution in [2.75, 3.05) is 0 Å². The molecular weight excluding hydrogens is 630 g/mol. The van der Waals surface area contributed by atoms with Gasteiger partial charge >= 0.3 is 0 Å². The second kappa shape index (κ2) is 16.3. The van der Waals surface area contributed by atoms with Crippen LogP contribution in [-0.2, 0) is 45.0 Å². The minimum atomic E-state index is -0.965. The topological polar surface area (TPSA) is 168 Å². The Kier molecular flexibility index (Phi) is 12.0. The van der Waals surface area contributed by atoms with E-state index >= 15 is 0 Å². The molecule has 1 saturated carbocycles. The van der Waals surface area contributed by atoms with Crippen LogP contribution in [0.2, 0.25) is 0 Å². The lowest BCUT2D eigenvalue weighted by Crippen LogP contribution is -2.61. The highest BCUT2D eigenvalue weighted by Gasteiger charge is 2.40. The van der Waals surface area contributed by atoms with Crippen LogP contribution in [0, 0.1) is 25.7 Å². The van der Waals surface area contributed by atoms with Crippen LogP contribution < -0.4 is 22.1 Å². The molecule has 0 saturated heterocycles. The summed E-state index contributed by atoms with van der Waals surface area (Å²) in [6, 6.07) is 16.6. The molecule has 4 amide bonds. The molecule has 1 aliphatic heterocycles. The fraction of sp³-hybridized carbons (Fsp3) is 0.450. The SMILES string of the molecule is Cc1cc(O)cc(C)c1C[C@H](N)C(=O)N1Cc2ccccc2C[C@H]1C(=O)N[C@@H](C(=O)N[C@@H](Cc1ccccc1)C(N)=O)[C@@H](C)C1CCCCC1. The molecule has 7 N–H and O–H groups in total. The fourth-order valence-corrected chi connectivity index (χ4v) is 7.75. The first-order valence-corrected chi connectivity index (χ1v) is 17.8. The highest BCUT2D eigenvalue weighted by Crippen LogP contribution is 2.32. The van der Waals surface area contributed by atoms with E-state index in [1.807, 2.05) is 75.4 Å². The van der Waals surface area contributed by atoms with Gasteiger partial charge in [0.15, 0.2) is 0 Å². The highest BCUT2D eigenvalue weighted by atomic mass is 16.3. The Morgan fingerprint density at radius 2 is 1.50 bits per heavy atom. The number of benzene rings is 3. The van der Waals surface area contributed by atoms with Crippen molar-refractivity contribution in [2.45, 2.75) is 103 Å². The summed E-state index contributed by atoms with van der Waals surface area (Å²) < 4.78 is 0. The predicted octanol–water partition coefficient (Wildman–Crippen LogP) is 3.75. The summed E-state index contributed by atoms with van der Waals surface area (Å²) >= 11 is 0. The number of rotatable bonds is 12. The highest BCUT2D eigenvalue weighted by molar-refractivity contribution is 5.95. The molecule has 0 spiro atoms. The Labute approximate surface area is 295 Å². The van der Waals surface area contributed by atoms with Gasteiger partial charge in [0.2, 0.25) is 23.6 Å². The Bertz CT molecular complexity index is 1670. The first kappa shape index (κ1) is 36.6. The molecule has 3 aromatic carbocycles. The van der Waals surface area contributed by atoms with Gasteiger partial charge in [-0.15, -0.1) is 0 Å². The maximum absolute atomic E-state index is 14.4. The van der Waals surface area contributed by atoms with E-state index in [9.17, 15) is 24.3 Å². The Morgan fingerprint density at radius 1 is 0.880 bits per heavy atom. The number of phenols is 1.